The van der Waals surface area contributed by atoms with Crippen molar-refractivity contribution in [1.29, 1.82) is 0 Å². The molecule has 7 heteroatoms. The van der Waals surface area contributed by atoms with E-state index in [1.807, 2.05) is 12.1 Å². The fourth-order valence-corrected chi connectivity index (χ4v) is 4.06. The van der Waals surface area contributed by atoms with E-state index in [-0.39, 0.29) is 11.3 Å². The average molecular weight is 531 g/mol. The number of hydrogen-bond acceptors (Lipinski definition) is 4. The van der Waals surface area contributed by atoms with Crippen molar-refractivity contribution in [1.82, 2.24) is 9.66 Å². The predicted octanol–water partition coefficient (Wildman–Crippen LogP) is 3.50. The molecule has 0 unspecified atom stereocenters. The summed E-state index contributed by atoms with van der Waals surface area (Å²) in [6, 6.07) is 10.8. The molecule has 0 radical (unpaired) electrons. The Morgan fingerprint density at radius 2 is 2.00 bits per heavy atom. The lowest BCUT2D eigenvalue weighted by atomic mass is 10.2. The van der Waals surface area contributed by atoms with Crippen molar-refractivity contribution in [3.63, 3.8) is 0 Å². The summed E-state index contributed by atoms with van der Waals surface area (Å²) in [5.41, 5.74) is 0.970. The number of fused-ring (bicyclic) bond motifs is 1. The van der Waals surface area contributed by atoms with Crippen LogP contribution in [0.1, 0.15) is 11.4 Å². The van der Waals surface area contributed by atoms with Gasteiger partial charge in [-0.15, -0.1) is 0 Å². The first-order valence-corrected chi connectivity index (χ1v) is 8.84. The summed E-state index contributed by atoms with van der Waals surface area (Å²) in [5.74, 6) is 0.638. The monoisotopic (exact) mass is 531 g/mol. The molecule has 0 atom stereocenters. The van der Waals surface area contributed by atoms with Crippen molar-refractivity contribution >= 4 is 62.3 Å². The summed E-state index contributed by atoms with van der Waals surface area (Å²) in [4.78, 5) is 16.9. The molecule has 0 fully saturated rings. The Morgan fingerprint density at radius 1 is 1.26 bits per heavy atom. The number of aryl methyl sites for hydroxylation is 1. The molecule has 116 valence electrons. The highest BCUT2D eigenvalue weighted by atomic mass is 127. The standard InChI is InChI=1S/C16H11I2N3O2/c1-9-20-14-5-3-2-4-12(14)16(23)21(9)19-8-10-6-11(17)7-13(18)15(10)22/h2-8,22H,1H3/b19-8-. The minimum Gasteiger partial charge on any atom is -0.506 e. The van der Waals surface area contributed by atoms with E-state index in [4.69, 9.17) is 0 Å². The molecule has 0 aliphatic heterocycles. The molecule has 0 spiro atoms. The number of halogens is 2. The van der Waals surface area contributed by atoms with E-state index in [1.54, 1.807) is 31.2 Å². The highest BCUT2D eigenvalue weighted by Crippen LogP contribution is 2.25. The first kappa shape index (κ1) is 16.4. The molecule has 5 nitrogen and oxygen atoms in total. The molecule has 23 heavy (non-hydrogen) atoms. The third-order valence-corrected chi connectivity index (χ3v) is 4.73. The second-order valence-electron chi connectivity index (χ2n) is 4.86. The first-order valence-electron chi connectivity index (χ1n) is 6.68. The second-order valence-corrected chi connectivity index (χ2v) is 7.27. The van der Waals surface area contributed by atoms with Gasteiger partial charge in [-0.25, -0.2) is 4.98 Å². The number of rotatable bonds is 2. The normalized spacial score (nSPS) is 11.4. The fourth-order valence-electron chi connectivity index (χ4n) is 2.17. The van der Waals surface area contributed by atoms with Gasteiger partial charge in [0.25, 0.3) is 5.56 Å². The SMILES string of the molecule is Cc1nc2ccccc2c(=O)n1/N=C\c1cc(I)cc(I)c1O. The number of hydrogen-bond donors (Lipinski definition) is 1. The molecule has 0 bridgehead atoms. The van der Waals surface area contributed by atoms with E-state index in [1.165, 1.54) is 10.9 Å². The van der Waals surface area contributed by atoms with Gasteiger partial charge in [-0.05, 0) is 76.4 Å². The lowest BCUT2D eigenvalue weighted by Crippen LogP contribution is -2.20. The smallest absolute Gasteiger partial charge is 0.282 e. The van der Waals surface area contributed by atoms with Crippen LogP contribution < -0.4 is 5.56 Å². The van der Waals surface area contributed by atoms with Gasteiger partial charge < -0.3 is 5.11 Å². The Hall–Kier alpha value is -1.49. The van der Waals surface area contributed by atoms with Crippen molar-refractivity contribution < 1.29 is 5.11 Å². The van der Waals surface area contributed by atoms with Crippen LogP contribution in [0.4, 0.5) is 0 Å². The zero-order valence-electron chi connectivity index (χ0n) is 12.0. The summed E-state index contributed by atoms with van der Waals surface area (Å²) in [5, 5.41) is 14.8. The van der Waals surface area contributed by atoms with Crippen LogP contribution in [0.15, 0.2) is 46.3 Å². The maximum Gasteiger partial charge on any atom is 0.282 e. The highest BCUT2D eigenvalue weighted by Gasteiger charge is 2.08. The van der Waals surface area contributed by atoms with Crippen LogP contribution in [0, 0.1) is 14.1 Å². The largest absolute Gasteiger partial charge is 0.506 e. The first-order chi connectivity index (χ1) is 11.0. The molecule has 1 aromatic heterocycles. The van der Waals surface area contributed by atoms with E-state index < -0.39 is 0 Å². The molecule has 1 N–H and O–H groups in total. The molecule has 0 saturated heterocycles. The zero-order valence-corrected chi connectivity index (χ0v) is 16.3. The molecule has 0 aliphatic rings. The third kappa shape index (κ3) is 3.25. The minimum atomic E-state index is -0.232. The summed E-state index contributed by atoms with van der Waals surface area (Å²) < 4.78 is 2.96. The van der Waals surface area contributed by atoms with Crippen LogP contribution in [0.2, 0.25) is 0 Å². The Morgan fingerprint density at radius 3 is 2.78 bits per heavy atom. The average Bonchev–Trinajstić information content (AvgIpc) is 2.51. The van der Waals surface area contributed by atoms with E-state index >= 15 is 0 Å². The van der Waals surface area contributed by atoms with Gasteiger partial charge in [-0.3, -0.25) is 4.79 Å². The lowest BCUT2D eigenvalue weighted by Gasteiger charge is -2.06. The van der Waals surface area contributed by atoms with Crippen LogP contribution in [0.25, 0.3) is 10.9 Å². The highest BCUT2D eigenvalue weighted by molar-refractivity contribution is 14.1. The van der Waals surface area contributed by atoms with Gasteiger partial charge in [0.1, 0.15) is 11.6 Å². The Balaban J connectivity index is 2.14. The van der Waals surface area contributed by atoms with E-state index in [2.05, 4.69) is 55.3 Å². The molecule has 0 amide bonds. The number of phenols is 1. The fraction of sp³-hybridized carbons (Fsp3) is 0.0625. The third-order valence-electron chi connectivity index (χ3n) is 3.29. The maximum absolute atomic E-state index is 12.5. The van der Waals surface area contributed by atoms with Crippen molar-refractivity contribution in [3.8, 4) is 5.75 Å². The molecule has 2 aromatic carbocycles. The van der Waals surface area contributed by atoms with Gasteiger partial charge in [0.2, 0.25) is 0 Å². The second kappa shape index (κ2) is 6.56. The molecule has 0 aliphatic carbocycles. The van der Waals surface area contributed by atoms with Crippen molar-refractivity contribution in [2.24, 2.45) is 5.10 Å². The van der Waals surface area contributed by atoms with Crippen LogP contribution in [-0.2, 0) is 0 Å². The minimum absolute atomic E-state index is 0.147. The topological polar surface area (TPSA) is 67.5 Å². The lowest BCUT2D eigenvalue weighted by molar-refractivity contribution is 0.470. The Kier molecular flexibility index (Phi) is 4.67. The summed E-state index contributed by atoms with van der Waals surface area (Å²) in [7, 11) is 0. The Labute approximate surface area is 159 Å². The summed E-state index contributed by atoms with van der Waals surface area (Å²) in [6.07, 6.45) is 1.48. The van der Waals surface area contributed by atoms with E-state index in [9.17, 15) is 9.90 Å². The van der Waals surface area contributed by atoms with Gasteiger partial charge in [-0.1, -0.05) is 12.1 Å². The van der Waals surface area contributed by atoms with Crippen LogP contribution in [0.3, 0.4) is 0 Å². The molecule has 1 heterocycles. The van der Waals surface area contributed by atoms with E-state index in [0.29, 0.717) is 22.3 Å². The molecular formula is C16H11I2N3O2. The van der Waals surface area contributed by atoms with Gasteiger partial charge in [0.05, 0.1) is 20.7 Å². The number of phenolic OH excluding ortho intramolecular Hbond substituents is 1. The quantitative estimate of drug-likeness (QED) is 0.407. The van der Waals surface area contributed by atoms with Gasteiger partial charge >= 0.3 is 0 Å². The number of benzene rings is 2. The number of aromatic hydroxyl groups is 1. The number of para-hydroxylation sites is 1. The van der Waals surface area contributed by atoms with Crippen LogP contribution >= 0.6 is 45.2 Å². The maximum atomic E-state index is 12.5. The molecular weight excluding hydrogens is 520 g/mol. The zero-order chi connectivity index (χ0) is 16.6. The molecule has 0 saturated carbocycles. The molecule has 3 aromatic rings. The predicted molar refractivity (Wildman–Crippen MR) is 107 cm³/mol. The van der Waals surface area contributed by atoms with Crippen LogP contribution in [-0.4, -0.2) is 21.0 Å². The van der Waals surface area contributed by atoms with Gasteiger partial charge in [0.15, 0.2) is 0 Å². The van der Waals surface area contributed by atoms with Crippen molar-refractivity contribution in [3.05, 3.63) is 65.3 Å². The van der Waals surface area contributed by atoms with Gasteiger partial charge in [0, 0.05) is 9.13 Å². The van der Waals surface area contributed by atoms with Gasteiger partial charge in [-0.2, -0.15) is 9.78 Å². The Bertz CT molecular complexity index is 997. The van der Waals surface area contributed by atoms with Crippen molar-refractivity contribution in [2.75, 3.05) is 0 Å². The number of aromatic nitrogens is 2. The summed E-state index contributed by atoms with van der Waals surface area (Å²) in [6.45, 7) is 1.73. The van der Waals surface area contributed by atoms with Crippen LogP contribution in [0.5, 0.6) is 5.75 Å². The number of nitrogens with zero attached hydrogens (tertiary/aromatic N) is 3. The van der Waals surface area contributed by atoms with Crippen molar-refractivity contribution in [2.45, 2.75) is 6.92 Å². The summed E-state index contributed by atoms with van der Waals surface area (Å²) >= 11 is 4.23. The molecule has 3 rings (SSSR count). The van der Waals surface area contributed by atoms with E-state index in [0.717, 1.165) is 7.14 Å².